The number of anilines is 1. The first-order chi connectivity index (χ1) is 8.39. The third-order valence-corrected chi connectivity index (χ3v) is 3.70. The highest BCUT2D eigenvalue weighted by Gasteiger charge is 2.26. The van der Waals surface area contributed by atoms with Gasteiger partial charge in [0.1, 0.15) is 10.8 Å². The Morgan fingerprint density at radius 1 is 1.44 bits per heavy atom. The van der Waals surface area contributed by atoms with Crippen molar-refractivity contribution in [3.8, 4) is 0 Å². The lowest BCUT2D eigenvalue weighted by Gasteiger charge is -2.39. The van der Waals surface area contributed by atoms with Gasteiger partial charge in [0.05, 0.1) is 0 Å². The molecule has 0 bridgehead atoms. The van der Waals surface area contributed by atoms with Crippen LogP contribution in [0.25, 0.3) is 0 Å². The van der Waals surface area contributed by atoms with E-state index in [1.165, 1.54) is 12.5 Å². The second-order valence-corrected chi connectivity index (χ2v) is 6.16. The molecule has 1 fully saturated rings. The Labute approximate surface area is 113 Å². The van der Waals surface area contributed by atoms with Gasteiger partial charge in [-0.05, 0) is 36.5 Å². The summed E-state index contributed by atoms with van der Waals surface area (Å²) in [7, 11) is 0. The second kappa shape index (κ2) is 4.84. The van der Waals surface area contributed by atoms with Gasteiger partial charge >= 0.3 is 0 Å². The highest BCUT2D eigenvalue weighted by atomic mass is 32.1. The summed E-state index contributed by atoms with van der Waals surface area (Å²) < 4.78 is 13.9. The van der Waals surface area contributed by atoms with Crippen LogP contribution in [0.5, 0.6) is 0 Å². The summed E-state index contributed by atoms with van der Waals surface area (Å²) in [4.78, 5) is 2.34. The van der Waals surface area contributed by atoms with Crippen LogP contribution >= 0.6 is 12.2 Å². The average Bonchev–Trinajstić information content (AvgIpc) is 2.27. The van der Waals surface area contributed by atoms with E-state index in [1.54, 1.807) is 6.07 Å². The minimum absolute atomic E-state index is 0.109. The van der Waals surface area contributed by atoms with Gasteiger partial charge in [-0.1, -0.05) is 26.1 Å². The van der Waals surface area contributed by atoms with Crippen molar-refractivity contribution < 1.29 is 4.39 Å². The molecule has 0 unspecified atom stereocenters. The van der Waals surface area contributed by atoms with E-state index in [0.29, 0.717) is 5.56 Å². The lowest BCUT2D eigenvalue weighted by atomic mass is 9.84. The van der Waals surface area contributed by atoms with Crippen molar-refractivity contribution in [1.82, 2.24) is 0 Å². The fraction of sp³-hybridized carbons (Fsp3) is 0.500. The maximum atomic E-state index is 13.9. The molecule has 0 aromatic heterocycles. The summed E-state index contributed by atoms with van der Waals surface area (Å²) in [6.45, 7) is 6.44. The van der Waals surface area contributed by atoms with Crippen LogP contribution < -0.4 is 10.6 Å². The number of rotatable bonds is 2. The first kappa shape index (κ1) is 13.3. The number of hydrogen-bond acceptors (Lipinski definition) is 2. The summed E-state index contributed by atoms with van der Waals surface area (Å²) in [5, 5.41) is 0. The number of nitrogens with zero attached hydrogens (tertiary/aromatic N) is 1. The Balaban J connectivity index is 2.24. The number of thiocarbonyl (C=S) groups is 1. The van der Waals surface area contributed by atoms with Gasteiger partial charge < -0.3 is 10.6 Å². The predicted molar refractivity (Wildman–Crippen MR) is 77.5 cm³/mol. The van der Waals surface area contributed by atoms with Gasteiger partial charge in [0.15, 0.2) is 0 Å². The number of hydrogen-bond donors (Lipinski definition) is 1. The lowest BCUT2D eigenvalue weighted by molar-refractivity contribution is 0.293. The standard InChI is InChI=1S/C14H19FN2S/c1-14(2)6-3-7-17(9-14)10-4-5-11(13(16)18)12(15)8-10/h4-5,8H,3,6-7,9H2,1-2H3,(H2,16,18). The van der Waals surface area contributed by atoms with Crippen molar-refractivity contribution in [3.05, 3.63) is 29.6 Å². The molecule has 1 saturated heterocycles. The fourth-order valence-electron chi connectivity index (χ4n) is 2.54. The zero-order chi connectivity index (χ0) is 13.3. The Bertz CT molecular complexity index is 471. The zero-order valence-corrected chi connectivity index (χ0v) is 11.7. The SMILES string of the molecule is CC1(C)CCCN(c2ccc(C(N)=S)c(F)c2)C1. The molecule has 0 amide bonds. The molecule has 0 saturated carbocycles. The molecule has 0 radical (unpaired) electrons. The Morgan fingerprint density at radius 3 is 2.72 bits per heavy atom. The predicted octanol–water partition coefficient (Wildman–Crippen LogP) is 3.09. The van der Waals surface area contributed by atoms with E-state index >= 15 is 0 Å². The molecule has 1 heterocycles. The molecule has 18 heavy (non-hydrogen) atoms. The van der Waals surface area contributed by atoms with E-state index in [-0.39, 0.29) is 16.2 Å². The normalized spacial score (nSPS) is 18.7. The summed E-state index contributed by atoms with van der Waals surface area (Å²) >= 11 is 4.81. The summed E-state index contributed by atoms with van der Waals surface area (Å²) in [5.41, 5.74) is 6.99. The summed E-state index contributed by atoms with van der Waals surface area (Å²) in [5.74, 6) is -0.330. The molecule has 0 spiro atoms. The monoisotopic (exact) mass is 266 g/mol. The topological polar surface area (TPSA) is 29.3 Å². The van der Waals surface area contributed by atoms with Crippen molar-refractivity contribution in [2.45, 2.75) is 26.7 Å². The summed E-state index contributed by atoms with van der Waals surface area (Å²) in [6.07, 6.45) is 2.36. The largest absolute Gasteiger partial charge is 0.389 e. The number of nitrogens with two attached hydrogens (primary N) is 1. The molecule has 2 rings (SSSR count). The Kier molecular flexibility index (Phi) is 3.57. The van der Waals surface area contributed by atoms with Gasteiger partial charge in [-0.15, -0.1) is 0 Å². The van der Waals surface area contributed by atoms with Crippen molar-refractivity contribution in [1.29, 1.82) is 0 Å². The maximum Gasteiger partial charge on any atom is 0.135 e. The van der Waals surface area contributed by atoms with Gasteiger partial charge in [-0.25, -0.2) is 4.39 Å². The maximum absolute atomic E-state index is 13.9. The molecule has 2 nitrogen and oxygen atoms in total. The molecule has 1 aliphatic rings. The van der Waals surface area contributed by atoms with Gasteiger partial charge in [-0.2, -0.15) is 0 Å². The fourth-order valence-corrected chi connectivity index (χ4v) is 2.71. The molecule has 1 aromatic carbocycles. The Morgan fingerprint density at radius 2 is 2.17 bits per heavy atom. The average molecular weight is 266 g/mol. The molecule has 1 aromatic rings. The highest BCUT2D eigenvalue weighted by Crippen LogP contribution is 2.32. The smallest absolute Gasteiger partial charge is 0.135 e. The van der Waals surface area contributed by atoms with Crippen LogP contribution in [0.15, 0.2) is 18.2 Å². The van der Waals surface area contributed by atoms with Crippen LogP contribution in [0.3, 0.4) is 0 Å². The number of benzene rings is 1. The van der Waals surface area contributed by atoms with Crippen molar-refractivity contribution >= 4 is 22.9 Å². The van der Waals surface area contributed by atoms with Crippen LogP contribution in [0.4, 0.5) is 10.1 Å². The van der Waals surface area contributed by atoms with Crippen molar-refractivity contribution in [2.75, 3.05) is 18.0 Å². The summed E-state index contributed by atoms with van der Waals surface area (Å²) in [6, 6.07) is 5.11. The van der Waals surface area contributed by atoms with Gasteiger partial charge in [0.2, 0.25) is 0 Å². The van der Waals surface area contributed by atoms with Crippen LogP contribution in [-0.4, -0.2) is 18.1 Å². The van der Waals surface area contributed by atoms with E-state index in [9.17, 15) is 4.39 Å². The van der Waals surface area contributed by atoms with Crippen LogP contribution in [-0.2, 0) is 0 Å². The number of halogens is 1. The van der Waals surface area contributed by atoms with E-state index in [1.807, 2.05) is 6.07 Å². The number of piperidine rings is 1. The second-order valence-electron chi connectivity index (χ2n) is 5.72. The Hall–Kier alpha value is -1.16. The molecular weight excluding hydrogens is 247 g/mol. The van der Waals surface area contributed by atoms with Gasteiger partial charge in [0, 0.05) is 24.3 Å². The third-order valence-electron chi connectivity index (χ3n) is 3.48. The van der Waals surface area contributed by atoms with Gasteiger partial charge in [-0.3, -0.25) is 0 Å². The van der Waals surface area contributed by atoms with Crippen LogP contribution in [0, 0.1) is 11.2 Å². The molecule has 1 aliphatic heterocycles. The van der Waals surface area contributed by atoms with Crippen molar-refractivity contribution in [2.24, 2.45) is 11.1 Å². The lowest BCUT2D eigenvalue weighted by Crippen LogP contribution is -2.40. The van der Waals surface area contributed by atoms with Gasteiger partial charge in [0.25, 0.3) is 0 Å². The highest BCUT2D eigenvalue weighted by molar-refractivity contribution is 7.80. The van der Waals surface area contributed by atoms with E-state index in [2.05, 4.69) is 18.7 Å². The van der Waals surface area contributed by atoms with E-state index < -0.39 is 0 Å². The van der Waals surface area contributed by atoms with E-state index in [4.69, 9.17) is 18.0 Å². The first-order valence-electron chi connectivity index (χ1n) is 6.23. The quantitative estimate of drug-likeness (QED) is 0.834. The molecule has 0 aliphatic carbocycles. The minimum atomic E-state index is -0.330. The third kappa shape index (κ3) is 2.80. The molecule has 98 valence electrons. The molecule has 2 N–H and O–H groups in total. The molecule has 4 heteroatoms. The van der Waals surface area contributed by atoms with E-state index in [0.717, 1.165) is 25.2 Å². The molecule has 0 atom stereocenters. The van der Waals surface area contributed by atoms with Crippen molar-refractivity contribution in [3.63, 3.8) is 0 Å². The first-order valence-corrected chi connectivity index (χ1v) is 6.64. The minimum Gasteiger partial charge on any atom is -0.389 e. The van der Waals surface area contributed by atoms with Crippen LogP contribution in [0.1, 0.15) is 32.3 Å². The van der Waals surface area contributed by atoms with Crippen LogP contribution in [0.2, 0.25) is 0 Å². The zero-order valence-electron chi connectivity index (χ0n) is 10.9. The molecular formula is C14H19FN2S.